The normalized spacial score (nSPS) is 16.0. The summed E-state index contributed by atoms with van der Waals surface area (Å²) < 4.78 is 6.80. The van der Waals surface area contributed by atoms with Crippen LogP contribution in [0.5, 0.6) is 0 Å². The molecule has 0 radical (unpaired) electrons. The average molecular weight is 305 g/mol. The lowest BCUT2D eigenvalue weighted by atomic mass is 10.3. The largest absolute Gasteiger partial charge is 0.379 e. The molecule has 118 valence electrons. The second kappa shape index (κ2) is 6.71. The molecule has 0 atom stereocenters. The summed E-state index contributed by atoms with van der Waals surface area (Å²) in [5.41, 5.74) is 0.574. The Morgan fingerprint density at radius 1 is 1.36 bits per heavy atom. The third kappa shape index (κ3) is 3.18. The van der Waals surface area contributed by atoms with Gasteiger partial charge in [0.1, 0.15) is 0 Å². The first-order chi connectivity index (χ1) is 10.8. The average Bonchev–Trinajstić information content (AvgIpc) is 2.91. The molecule has 22 heavy (non-hydrogen) atoms. The maximum absolute atomic E-state index is 11.3. The van der Waals surface area contributed by atoms with Crippen molar-refractivity contribution in [3.8, 4) is 0 Å². The molecule has 0 aliphatic carbocycles. The second-order valence-corrected chi connectivity index (χ2v) is 5.20. The van der Waals surface area contributed by atoms with E-state index in [2.05, 4.69) is 15.2 Å². The van der Waals surface area contributed by atoms with Crippen molar-refractivity contribution >= 4 is 17.3 Å². The Morgan fingerprint density at radius 2 is 2.18 bits per heavy atom. The van der Waals surface area contributed by atoms with E-state index in [9.17, 15) is 10.1 Å². The summed E-state index contributed by atoms with van der Waals surface area (Å²) in [7, 11) is 0. The summed E-state index contributed by atoms with van der Waals surface area (Å²) in [6, 6.07) is 5.32. The van der Waals surface area contributed by atoms with Crippen LogP contribution in [0.1, 0.15) is 6.42 Å². The standard InChI is InChI=1S/C14H19N5O3/c20-19(21)14-13(16-12-4-1-2-7-18(12)14)15-5-3-6-17-8-10-22-11-9-17/h1-2,4,7,15H,3,5-6,8-11H2. The number of nitro groups is 1. The molecular weight excluding hydrogens is 286 g/mol. The van der Waals surface area contributed by atoms with E-state index in [1.807, 2.05) is 6.07 Å². The zero-order valence-electron chi connectivity index (χ0n) is 12.3. The van der Waals surface area contributed by atoms with Gasteiger partial charge in [-0.3, -0.25) is 4.90 Å². The number of pyridine rings is 1. The van der Waals surface area contributed by atoms with Crippen molar-refractivity contribution < 1.29 is 9.66 Å². The molecule has 1 aliphatic rings. The van der Waals surface area contributed by atoms with Crippen molar-refractivity contribution in [1.29, 1.82) is 0 Å². The third-order valence-electron chi connectivity index (χ3n) is 3.72. The number of rotatable bonds is 6. The lowest BCUT2D eigenvalue weighted by Gasteiger charge is -2.26. The van der Waals surface area contributed by atoms with Crippen LogP contribution in [0.4, 0.5) is 11.6 Å². The van der Waals surface area contributed by atoms with Crippen LogP contribution < -0.4 is 5.32 Å². The first kappa shape index (κ1) is 14.7. The zero-order valence-corrected chi connectivity index (χ0v) is 12.3. The highest BCUT2D eigenvalue weighted by atomic mass is 16.6. The highest BCUT2D eigenvalue weighted by molar-refractivity contribution is 5.62. The molecule has 0 amide bonds. The Hall–Kier alpha value is -2.19. The highest BCUT2D eigenvalue weighted by Crippen LogP contribution is 2.24. The Bertz CT molecular complexity index is 651. The molecule has 1 saturated heterocycles. The van der Waals surface area contributed by atoms with Gasteiger partial charge in [-0.25, -0.2) is 0 Å². The SMILES string of the molecule is O=[N+]([O-])c1c(NCCCN2CCOCC2)nc2ccccn12. The van der Waals surface area contributed by atoms with Gasteiger partial charge in [-0.05, 0) is 24.0 Å². The van der Waals surface area contributed by atoms with E-state index in [-0.39, 0.29) is 5.82 Å². The number of hydrogen-bond acceptors (Lipinski definition) is 6. The van der Waals surface area contributed by atoms with E-state index in [4.69, 9.17) is 4.74 Å². The van der Waals surface area contributed by atoms with E-state index in [1.165, 1.54) is 4.40 Å². The smallest absolute Gasteiger partial charge is 0.372 e. The first-order valence-electron chi connectivity index (χ1n) is 7.41. The van der Waals surface area contributed by atoms with Crippen LogP contribution in [0.2, 0.25) is 0 Å². The summed E-state index contributed by atoms with van der Waals surface area (Å²) >= 11 is 0. The third-order valence-corrected chi connectivity index (χ3v) is 3.72. The van der Waals surface area contributed by atoms with Gasteiger partial charge < -0.3 is 20.2 Å². The molecule has 0 aromatic carbocycles. The molecule has 3 heterocycles. The monoisotopic (exact) mass is 305 g/mol. The molecule has 0 saturated carbocycles. The number of hydrogen-bond donors (Lipinski definition) is 1. The topological polar surface area (TPSA) is 84.9 Å². The van der Waals surface area contributed by atoms with Crippen LogP contribution in [0.25, 0.3) is 5.65 Å². The summed E-state index contributed by atoms with van der Waals surface area (Å²) in [5.74, 6) is 0.320. The Kier molecular flexibility index (Phi) is 4.50. The maximum atomic E-state index is 11.3. The predicted octanol–water partition coefficient (Wildman–Crippen LogP) is 1.38. The molecule has 2 aromatic heterocycles. The van der Waals surface area contributed by atoms with Gasteiger partial charge in [-0.1, -0.05) is 6.07 Å². The first-order valence-corrected chi connectivity index (χ1v) is 7.41. The molecule has 0 bridgehead atoms. The van der Waals surface area contributed by atoms with Crippen LogP contribution in [0.3, 0.4) is 0 Å². The van der Waals surface area contributed by atoms with Crippen LogP contribution in [0.15, 0.2) is 24.4 Å². The minimum atomic E-state index is -0.399. The molecule has 0 unspecified atom stereocenters. The van der Waals surface area contributed by atoms with Gasteiger partial charge >= 0.3 is 5.82 Å². The van der Waals surface area contributed by atoms with Crippen LogP contribution in [-0.2, 0) is 4.74 Å². The van der Waals surface area contributed by atoms with Gasteiger partial charge in [0.15, 0.2) is 0 Å². The molecule has 0 spiro atoms. The fraction of sp³-hybridized carbons (Fsp3) is 0.500. The predicted molar refractivity (Wildman–Crippen MR) is 82.2 cm³/mol. The number of aromatic nitrogens is 2. The van der Waals surface area contributed by atoms with Crippen molar-refractivity contribution in [2.24, 2.45) is 0 Å². The van der Waals surface area contributed by atoms with Gasteiger partial charge in [0.2, 0.25) is 11.5 Å². The molecule has 1 fully saturated rings. The van der Waals surface area contributed by atoms with Gasteiger partial charge in [0.25, 0.3) is 0 Å². The Morgan fingerprint density at radius 3 is 2.95 bits per heavy atom. The van der Waals surface area contributed by atoms with Crippen LogP contribution in [-0.4, -0.2) is 58.6 Å². The number of nitrogens with zero attached hydrogens (tertiary/aromatic N) is 4. The molecule has 3 rings (SSSR count). The fourth-order valence-electron chi connectivity index (χ4n) is 2.61. The summed E-state index contributed by atoms with van der Waals surface area (Å²) in [6.45, 7) is 5.08. The molecular formula is C14H19N5O3. The molecule has 1 aliphatic heterocycles. The van der Waals surface area contributed by atoms with Gasteiger partial charge in [0, 0.05) is 25.7 Å². The summed E-state index contributed by atoms with van der Waals surface area (Å²) in [6.07, 6.45) is 2.56. The van der Waals surface area contributed by atoms with E-state index in [0.29, 0.717) is 18.0 Å². The van der Waals surface area contributed by atoms with Crippen LogP contribution >= 0.6 is 0 Å². The minimum absolute atomic E-state index is 0.0121. The number of anilines is 1. The number of imidazole rings is 1. The molecule has 8 nitrogen and oxygen atoms in total. The molecule has 8 heteroatoms. The van der Waals surface area contributed by atoms with Crippen LogP contribution in [0, 0.1) is 10.1 Å². The lowest BCUT2D eigenvalue weighted by molar-refractivity contribution is -0.389. The number of ether oxygens (including phenoxy) is 1. The number of morpholine rings is 1. The molecule has 1 N–H and O–H groups in total. The maximum Gasteiger partial charge on any atom is 0.372 e. The van der Waals surface area contributed by atoms with Crippen molar-refractivity contribution in [1.82, 2.24) is 14.3 Å². The van der Waals surface area contributed by atoms with Gasteiger partial charge in [-0.15, -0.1) is 0 Å². The Labute approximate surface area is 127 Å². The number of nitrogens with one attached hydrogen (secondary N) is 1. The molecule has 2 aromatic rings. The number of fused-ring (bicyclic) bond motifs is 1. The lowest BCUT2D eigenvalue weighted by Crippen LogP contribution is -2.37. The van der Waals surface area contributed by atoms with Crippen molar-refractivity contribution in [2.75, 3.05) is 44.7 Å². The van der Waals surface area contributed by atoms with E-state index in [0.717, 1.165) is 39.3 Å². The van der Waals surface area contributed by atoms with Crippen molar-refractivity contribution in [3.63, 3.8) is 0 Å². The van der Waals surface area contributed by atoms with E-state index in [1.54, 1.807) is 18.3 Å². The zero-order chi connectivity index (χ0) is 15.4. The highest BCUT2D eigenvalue weighted by Gasteiger charge is 2.21. The van der Waals surface area contributed by atoms with E-state index < -0.39 is 4.92 Å². The minimum Gasteiger partial charge on any atom is -0.379 e. The quantitative estimate of drug-likeness (QED) is 0.493. The Balaban J connectivity index is 1.61. The van der Waals surface area contributed by atoms with Crippen molar-refractivity contribution in [3.05, 3.63) is 34.5 Å². The van der Waals surface area contributed by atoms with Crippen molar-refractivity contribution in [2.45, 2.75) is 6.42 Å². The fourth-order valence-corrected chi connectivity index (χ4v) is 2.61. The van der Waals surface area contributed by atoms with E-state index >= 15 is 0 Å². The summed E-state index contributed by atoms with van der Waals surface area (Å²) in [4.78, 5) is 17.5. The summed E-state index contributed by atoms with van der Waals surface area (Å²) in [5, 5.41) is 14.4. The van der Waals surface area contributed by atoms with Gasteiger partial charge in [-0.2, -0.15) is 9.38 Å². The van der Waals surface area contributed by atoms with Gasteiger partial charge in [0.05, 0.1) is 19.4 Å². The second-order valence-electron chi connectivity index (χ2n) is 5.20.